The molecule has 0 atom stereocenters. The van der Waals surface area contributed by atoms with Crippen molar-refractivity contribution in [2.24, 2.45) is 20.5 Å². The van der Waals surface area contributed by atoms with E-state index in [2.05, 4.69) is 31.1 Å². The summed E-state index contributed by atoms with van der Waals surface area (Å²) >= 11 is 12.5. The Labute approximate surface area is 483 Å². The Morgan fingerprint density at radius 3 is 1.45 bits per heavy atom. The molecule has 23 heteroatoms. The minimum atomic E-state index is -4.88. The smallest absolute Gasteiger partial charge is 0.870 e. The van der Waals surface area contributed by atoms with Gasteiger partial charge in [0.15, 0.2) is 5.75 Å². The number of benzene rings is 8. The largest absolute Gasteiger partial charge is 2.00 e. The van der Waals surface area contributed by atoms with E-state index in [4.69, 9.17) is 32.7 Å². The van der Waals surface area contributed by atoms with Gasteiger partial charge in [-0.05, 0) is 121 Å². The first-order valence-corrected chi connectivity index (χ1v) is 26.8. The third-order valence-corrected chi connectivity index (χ3v) is 14.3. The number of amides is 2. The van der Waals surface area contributed by atoms with Gasteiger partial charge in [0.05, 0.1) is 39.4 Å². The molecule has 2 amide bonds. The van der Waals surface area contributed by atoms with E-state index in [1.807, 2.05) is 13.8 Å². The Morgan fingerprint density at radius 2 is 1.00 bits per heavy atom. The van der Waals surface area contributed by atoms with Crippen LogP contribution in [0.1, 0.15) is 59.5 Å². The van der Waals surface area contributed by atoms with Gasteiger partial charge in [-0.2, -0.15) is 13.5 Å². The zero-order valence-corrected chi connectivity index (χ0v) is 46.9. The van der Waals surface area contributed by atoms with E-state index in [1.54, 1.807) is 111 Å². The molecule has 8 rings (SSSR count). The molecule has 0 aliphatic heterocycles. The normalized spacial score (nSPS) is 11.5. The third-order valence-electron chi connectivity index (χ3n) is 11.4. The maximum atomic E-state index is 13.4. The topological polar surface area (TPSA) is 281 Å². The Kier molecular flexibility index (Phi) is 20.2. The van der Waals surface area contributed by atoms with Crippen molar-refractivity contribution in [2.75, 3.05) is 23.8 Å². The molecule has 0 spiro atoms. The average Bonchev–Trinajstić information content (AvgIpc) is 3.40. The molecule has 0 heterocycles. The number of anilines is 2. The van der Waals surface area contributed by atoms with Gasteiger partial charge < -0.3 is 34.9 Å². The van der Waals surface area contributed by atoms with E-state index < -0.39 is 53.3 Å². The number of phenolic OH excluding ortho intramolecular Hbond substituents is 1. The molecule has 0 saturated heterocycles. The Hall–Kier alpha value is -6.72. The van der Waals surface area contributed by atoms with Crippen LogP contribution in [0.3, 0.4) is 0 Å². The number of hydrogen-bond acceptors (Lipinski definition) is 15. The molecule has 0 aliphatic carbocycles. The van der Waals surface area contributed by atoms with Gasteiger partial charge in [-0.15, -0.1) is 15.3 Å². The number of nitrogens with zero attached hydrogens (tertiary/aromatic N) is 4. The van der Waals surface area contributed by atoms with Crippen LogP contribution in [0.5, 0.6) is 23.0 Å². The van der Waals surface area contributed by atoms with Crippen molar-refractivity contribution in [3.05, 3.63) is 166 Å². The first-order chi connectivity index (χ1) is 36.3. The van der Waals surface area contributed by atoms with Gasteiger partial charge >= 0.3 is 37.7 Å². The standard InChI is InChI=1S/2C27H24ClN3O6S.Ca/c2*1-3-16-9-14-22(23(28)26(16)38(34,35)36)30-31-24-20-8-6-5-7-17(20)15-21(25(24)32)27(33)29-18-10-12-19(13-11-18)37-4-2;/h2*5-15,32H,3-4H2,1-2H3,(H,29,33)(H,34,35,36);/q;;+2/p-2. The fourth-order valence-electron chi connectivity index (χ4n) is 7.81. The zero-order valence-electron chi connectivity index (χ0n) is 41.6. The van der Waals surface area contributed by atoms with E-state index in [0.717, 1.165) is 0 Å². The number of carbonyl (C=O) groups is 2. The minimum Gasteiger partial charge on any atom is -0.870 e. The molecule has 0 fully saturated rings. The number of nitrogens with one attached hydrogen (secondary N) is 2. The Bertz CT molecular complexity index is 3560. The summed E-state index contributed by atoms with van der Waals surface area (Å²) in [6.07, 6.45) is 0.567. The van der Waals surface area contributed by atoms with Crippen LogP contribution in [0, 0.1) is 0 Å². The SMILES string of the molecule is CCOc1ccc(NC(=O)c2cc3ccccc3c(N=Nc3ccc(CC)c(S(=O)(=O)O)c3Cl)c2O)cc1.CCOc1ccc(NC(=O)c2cc3ccccc3c(N=Nc3ccc(CC)c(S(=O)(=O)[O-])c3Cl)c2[O-])cc1.[Ca+2]. The van der Waals surface area contributed by atoms with Gasteiger partial charge in [0.1, 0.15) is 43.6 Å². The molecule has 8 aromatic carbocycles. The summed E-state index contributed by atoms with van der Waals surface area (Å²) in [6, 6.07) is 36.0. The van der Waals surface area contributed by atoms with Gasteiger partial charge in [0.25, 0.3) is 21.9 Å². The second-order valence-corrected chi connectivity index (χ2v) is 19.7. The zero-order chi connectivity index (χ0) is 54.9. The Balaban J connectivity index is 0.000000246. The van der Waals surface area contributed by atoms with Crippen LogP contribution < -0.4 is 25.2 Å². The van der Waals surface area contributed by atoms with E-state index in [-0.39, 0.29) is 93.6 Å². The van der Waals surface area contributed by atoms with E-state index in [0.29, 0.717) is 69.6 Å². The number of ether oxygens (including phenoxy) is 2. The van der Waals surface area contributed by atoms with Gasteiger partial charge in [-0.1, -0.05) is 103 Å². The van der Waals surface area contributed by atoms with Gasteiger partial charge in [0, 0.05) is 27.7 Å². The van der Waals surface area contributed by atoms with Crippen LogP contribution >= 0.6 is 23.2 Å². The van der Waals surface area contributed by atoms with Crippen LogP contribution in [0.15, 0.2) is 164 Å². The number of rotatable bonds is 16. The first kappa shape index (κ1) is 59.5. The number of hydrogen-bond donors (Lipinski definition) is 4. The molecule has 0 bridgehead atoms. The Morgan fingerprint density at radius 1 is 0.584 bits per heavy atom. The average molecular weight is 1150 g/mol. The molecular formula is C54H46CaCl2N6O12S2. The second kappa shape index (κ2) is 26.1. The molecule has 77 heavy (non-hydrogen) atoms. The molecule has 0 saturated carbocycles. The molecule has 0 radical (unpaired) electrons. The van der Waals surface area contributed by atoms with Crippen molar-refractivity contribution in [3.63, 3.8) is 0 Å². The maximum Gasteiger partial charge on any atom is 2.00 e. The van der Waals surface area contributed by atoms with Crippen LogP contribution in [0.25, 0.3) is 21.5 Å². The monoisotopic (exact) mass is 1140 g/mol. The van der Waals surface area contributed by atoms with Gasteiger partial charge in [0.2, 0.25) is 0 Å². The number of aryl methyl sites for hydroxylation is 2. The quantitative estimate of drug-likeness (QED) is 0.0399. The van der Waals surface area contributed by atoms with E-state index in [9.17, 15) is 45.7 Å². The first-order valence-electron chi connectivity index (χ1n) is 23.2. The van der Waals surface area contributed by atoms with Crippen LogP contribution in [-0.4, -0.2) is 93.8 Å². The van der Waals surface area contributed by atoms with Crippen molar-refractivity contribution >= 4 is 149 Å². The molecule has 0 aromatic heterocycles. The van der Waals surface area contributed by atoms with Crippen molar-refractivity contribution < 1.29 is 55.2 Å². The summed E-state index contributed by atoms with van der Waals surface area (Å²) in [7, 11) is -9.51. The summed E-state index contributed by atoms with van der Waals surface area (Å²) in [5.41, 5.74) is 1.02. The summed E-state index contributed by atoms with van der Waals surface area (Å²) in [5, 5.41) is 47.5. The summed E-state index contributed by atoms with van der Waals surface area (Å²) in [6.45, 7) is 8.14. The summed E-state index contributed by atoms with van der Waals surface area (Å²) in [5.74, 6) is -1.04. The minimum absolute atomic E-state index is 0. The molecule has 18 nitrogen and oxygen atoms in total. The fourth-order valence-corrected chi connectivity index (χ4v) is 10.6. The number of carbonyl (C=O) groups excluding carboxylic acids is 2. The number of aromatic hydroxyl groups is 1. The second-order valence-electron chi connectivity index (χ2n) is 16.3. The van der Waals surface area contributed by atoms with Gasteiger partial charge in [-0.25, -0.2) is 8.42 Å². The molecule has 0 aliphatic rings. The third kappa shape index (κ3) is 14.1. The molecule has 392 valence electrons. The predicted octanol–water partition coefficient (Wildman–Crippen LogP) is 12.8. The molecule has 8 aromatic rings. The van der Waals surface area contributed by atoms with Crippen molar-refractivity contribution in [2.45, 2.75) is 50.3 Å². The van der Waals surface area contributed by atoms with E-state index >= 15 is 0 Å². The van der Waals surface area contributed by atoms with Crippen molar-refractivity contribution in [3.8, 4) is 23.0 Å². The van der Waals surface area contributed by atoms with Gasteiger partial charge in [-0.3, -0.25) is 14.1 Å². The summed E-state index contributed by atoms with van der Waals surface area (Å²) in [4.78, 5) is 25.1. The number of fused-ring (bicyclic) bond motifs is 2. The number of phenols is 1. The van der Waals surface area contributed by atoms with Crippen LogP contribution in [0.2, 0.25) is 10.0 Å². The van der Waals surface area contributed by atoms with Crippen molar-refractivity contribution in [1.82, 2.24) is 0 Å². The maximum absolute atomic E-state index is 13.4. The van der Waals surface area contributed by atoms with Crippen LogP contribution in [0.4, 0.5) is 34.1 Å². The van der Waals surface area contributed by atoms with Crippen molar-refractivity contribution in [1.29, 1.82) is 0 Å². The van der Waals surface area contributed by atoms with E-state index in [1.165, 1.54) is 36.4 Å². The number of halogens is 2. The number of azo groups is 2. The molecule has 0 unspecified atom stereocenters. The summed E-state index contributed by atoms with van der Waals surface area (Å²) < 4.78 is 79.7. The molecular weight excluding hydrogens is 1100 g/mol. The fraction of sp³-hybridized carbons (Fsp3) is 0.148. The predicted molar refractivity (Wildman–Crippen MR) is 294 cm³/mol. The molecule has 4 N–H and O–H groups in total. The van der Waals surface area contributed by atoms with Crippen LogP contribution in [-0.2, 0) is 33.1 Å².